The molecule has 0 radical (unpaired) electrons. The molecular weight excluding hydrogens is 312 g/mol. The van der Waals surface area contributed by atoms with E-state index in [4.69, 9.17) is 9.47 Å². The van der Waals surface area contributed by atoms with Gasteiger partial charge in [-0.15, -0.1) is 0 Å². The number of rotatable bonds is 7. The highest BCUT2D eigenvalue weighted by Gasteiger charge is 2.15. The van der Waals surface area contributed by atoms with Crippen molar-refractivity contribution >= 4 is 11.6 Å². The van der Waals surface area contributed by atoms with Crippen molar-refractivity contribution in [2.45, 2.75) is 13.0 Å². The molecule has 126 valence electrons. The summed E-state index contributed by atoms with van der Waals surface area (Å²) in [4.78, 5) is 22.5. The summed E-state index contributed by atoms with van der Waals surface area (Å²) < 4.78 is 10.4. The van der Waals surface area contributed by atoms with Crippen LogP contribution in [0.2, 0.25) is 0 Å². The van der Waals surface area contributed by atoms with Crippen molar-refractivity contribution in [1.29, 1.82) is 0 Å². The summed E-state index contributed by atoms with van der Waals surface area (Å²) in [5, 5.41) is 13.7. The Balaban J connectivity index is 2.00. The summed E-state index contributed by atoms with van der Waals surface area (Å²) in [7, 11) is 3.08. The summed E-state index contributed by atoms with van der Waals surface area (Å²) in [6, 6.07) is 11.5. The maximum Gasteiger partial charge on any atom is 0.273 e. The van der Waals surface area contributed by atoms with Crippen LogP contribution in [0.4, 0.5) is 5.69 Å². The lowest BCUT2D eigenvalue weighted by molar-refractivity contribution is -0.385. The summed E-state index contributed by atoms with van der Waals surface area (Å²) in [6.45, 7) is 0.291. The smallest absolute Gasteiger partial charge is 0.273 e. The first-order valence-corrected chi connectivity index (χ1v) is 7.25. The molecule has 0 fully saturated rings. The molecule has 0 aliphatic heterocycles. The second-order valence-corrected chi connectivity index (χ2v) is 5.03. The molecule has 1 N–H and O–H groups in total. The van der Waals surface area contributed by atoms with E-state index in [9.17, 15) is 14.9 Å². The number of amides is 1. The van der Waals surface area contributed by atoms with Gasteiger partial charge in [0.25, 0.3) is 5.69 Å². The minimum absolute atomic E-state index is 0.0511. The van der Waals surface area contributed by atoms with Gasteiger partial charge in [-0.05, 0) is 17.7 Å². The molecule has 0 saturated carbocycles. The van der Waals surface area contributed by atoms with E-state index in [1.54, 1.807) is 37.4 Å². The average Bonchev–Trinajstić information content (AvgIpc) is 2.59. The zero-order valence-corrected chi connectivity index (χ0v) is 13.4. The fourth-order valence-electron chi connectivity index (χ4n) is 2.27. The number of nitrogens with one attached hydrogen (secondary N) is 1. The van der Waals surface area contributed by atoms with Gasteiger partial charge in [0.1, 0.15) is 0 Å². The predicted molar refractivity (Wildman–Crippen MR) is 88.2 cm³/mol. The van der Waals surface area contributed by atoms with Crippen molar-refractivity contribution < 1.29 is 19.2 Å². The van der Waals surface area contributed by atoms with Gasteiger partial charge in [0.15, 0.2) is 11.5 Å². The van der Waals surface area contributed by atoms with Crippen molar-refractivity contribution in [1.82, 2.24) is 5.32 Å². The van der Waals surface area contributed by atoms with E-state index in [1.807, 2.05) is 6.07 Å². The van der Waals surface area contributed by atoms with Gasteiger partial charge < -0.3 is 14.8 Å². The lowest BCUT2D eigenvalue weighted by Gasteiger charge is -2.10. The number of ether oxygens (including phenoxy) is 2. The standard InChI is InChI=1S/C17H18N2O5/c1-23-15-8-7-12(9-16(15)24-2)11-18-17(20)10-13-5-3-4-6-14(13)19(21)22/h3-9H,10-11H2,1-2H3,(H,18,20). The Hall–Kier alpha value is -3.09. The van der Waals surface area contributed by atoms with Crippen molar-refractivity contribution in [2.75, 3.05) is 14.2 Å². The van der Waals surface area contributed by atoms with Gasteiger partial charge >= 0.3 is 0 Å². The van der Waals surface area contributed by atoms with Gasteiger partial charge in [-0.3, -0.25) is 14.9 Å². The van der Waals surface area contributed by atoms with Gasteiger partial charge in [0.05, 0.1) is 25.6 Å². The van der Waals surface area contributed by atoms with Crippen molar-refractivity contribution in [3.63, 3.8) is 0 Å². The Morgan fingerprint density at radius 1 is 1.12 bits per heavy atom. The molecule has 24 heavy (non-hydrogen) atoms. The number of methoxy groups -OCH3 is 2. The highest BCUT2D eigenvalue weighted by molar-refractivity contribution is 5.79. The summed E-state index contributed by atoms with van der Waals surface area (Å²) in [5.41, 5.74) is 1.16. The number of para-hydroxylation sites is 1. The second-order valence-electron chi connectivity index (χ2n) is 5.03. The molecule has 0 aliphatic carbocycles. The third kappa shape index (κ3) is 4.22. The molecule has 0 saturated heterocycles. The average molecular weight is 330 g/mol. The zero-order valence-electron chi connectivity index (χ0n) is 13.4. The molecule has 0 heterocycles. The first-order chi connectivity index (χ1) is 11.5. The molecule has 0 atom stereocenters. The first kappa shape index (κ1) is 17.3. The van der Waals surface area contributed by atoms with Crippen LogP contribution in [0.25, 0.3) is 0 Å². The monoisotopic (exact) mass is 330 g/mol. The Kier molecular flexibility index (Phi) is 5.73. The Morgan fingerprint density at radius 2 is 1.83 bits per heavy atom. The normalized spacial score (nSPS) is 10.1. The van der Waals surface area contributed by atoms with Gasteiger partial charge in [-0.1, -0.05) is 24.3 Å². The minimum Gasteiger partial charge on any atom is -0.493 e. The van der Waals surface area contributed by atoms with Crippen LogP contribution in [0.1, 0.15) is 11.1 Å². The van der Waals surface area contributed by atoms with E-state index in [0.29, 0.717) is 23.6 Å². The fourth-order valence-corrected chi connectivity index (χ4v) is 2.27. The van der Waals surface area contributed by atoms with Crippen LogP contribution in [0.15, 0.2) is 42.5 Å². The van der Waals surface area contributed by atoms with Crippen LogP contribution in [0, 0.1) is 10.1 Å². The molecule has 7 nitrogen and oxygen atoms in total. The number of benzene rings is 2. The summed E-state index contributed by atoms with van der Waals surface area (Å²) in [5.74, 6) is 0.884. The number of hydrogen-bond acceptors (Lipinski definition) is 5. The SMILES string of the molecule is COc1ccc(CNC(=O)Cc2ccccc2[N+](=O)[O-])cc1OC. The Labute approximate surface area is 139 Å². The van der Waals surface area contributed by atoms with E-state index >= 15 is 0 Å². The molecule has 1 amide bonds. The Bertz CT molecular complexity index is 746. The van der Waals surface area contributed by atoms with Gasteiger partial charge in [0, 0.05) is 18.2 Å². The minimum atomic E-state index is -0.489. The third-order valence-corrected chi connectivity index (χ3v) is 3.48. The van der Waals surface area contributed by atoms with Crippen LogP contribution < -0.4 is 14.8 Å². The Morgan fingerprint density at radius 3 is 2.50 bits per heavy atom. The molecule has 7 heteroatoms. The first-order valence-electron chi connectivity index (χ1n) is 7.25. The van der Waals surface area contributed by atoms with Crippen LogP contribution in [0.3, 0.4) is 0 Å². The molecule has 0 aromatic heterocycles. The van der Waals surface area contributed by atoms with Crippen molar-refractivity contribution in [3.05, 3.63) is 63.7 Å². The van der Waals surface area contributed by atoms with Gasteiger partial charge in [-0.2, -0.15) is 0 Å². The van der Waals surface area contributed by atoms with Crippen molar-refractivity contribution in [3.8, 4) is 11.5 Å². The van der Waals surface area contributed by atoms with E-state index in [2.05, 4.69) is 5.32 Å². The second kappa shape index (κ2) is 7.96. The molecule has 0 aliphatic rings. The lowest BCUT2D eigenvalue weighted by atomic mass is 10.1. The number of nitro groups is 1. The van der Waals surface area contributed by atoms with Crippen LogP contribution in [-0.2, 0) is 17.8 Å². The van der Waals surface area contributed by atoms with Gasteiger partial charge in [-0.25, -0.2) is 0 Å². The quantitative estimate of drug-likeness (QED) is 0.622. The molecular formula is C17H18N2O5. The van der Waals surface area contributed by atoms with E-state index in [-0.39, 0.29) is 18.0 Å². The number of nitrogens with zero attached hydrogens (tertiary/aromatic N) is 1. The van der Waals surface area contributed by atoms with Crippen LogP contribution in [-0.4, -0.2) is 25.1 Å². The highest BCUT2D eigenvalue weighted by atomic mass is 16.6. The largest absolute Gasteiger partial charge is 0.493 e. The lowest BCUT2D eigenvalue weighted by Crippen LogP contribution is -2.24. The maximum atomic E-state index is 12.0. The maximum absolute atomic E-state index is 12.0. The third-order valence-electron chi connectivity index (χ3n) is 3.48. The summed E-state index contributed by atoms with van der Waals surface area (Å²) in [6.07, 6.45) is -0.0511. The number of carbonyl (C=O) groups is 1. The molecule has 2 rings (SSSR count). The number of carbonyl (C=O) groups excluding carboxylic acids is 1. The van der Waals surface area contributed by atoms with E-state index in [1.165, 1.54) is 13.2 Å². The zero-order chi connectivity index (χ0) is 17.5. The fraction of sp³-hybridized carbons (Fsp3) is 0.235. The van der Waals surface area contributed by atoms with E-state index < -0.39 is 4.92 Å². The molecule has 2 aromatic carbocycles. The number of hydrogen-bond donors (Lipinski definition) is 1. The molecule has 0 spiro atoms. The summed E-state index contributed by atoms with van der Waals surface area (Å²) >= 11 is 0. The van der Waals surface area contributed by atoms with Crippen LogP contribution in [0.5, 0.6) is 11.5 Å². The van der Waals surface area contributed by atoms with E-state index in [0.717, 1.165) is 5.56 Å². The molecule has 2 aromatic rings. The number of nitro benzene ring substituents is 1. The van der Waals surface area contributed by atoms with Crippen LogP contribution >= 0.6 is 0 Å². The van der Waals surface area contributed by atoms with Crippen molar-refractivity contribution in [2.24, 2.45) is 0 Å². The highest BCUT2D eigenvalue weighted by Crippen LogP contribution is 2.27. The topological polar surface area (TPSA) is 90.7 Å². The predicted octanol–water partition coefficient (Wildman–Crippen LogP) is 2.47. The molecule has 0 bridgehead atoms. The molecule has 0 unspecified atom stereocenters. The van der Waals surface area contributed by atoms with Gasteiger partial charge in [0.2, 0.25) is 5.91 Å².